The number of ether oxygens (including phenoxy) is 2. The lowest BCUT2D eigenvalue weighted by molar-refractivity contribution is -0.153. The molecule has 1 aromatic heterocycles. The molecule has 0 aliphatic rings. The van der Waals surface area contributed by atoms with E-state index in [9.17, 15) is 13.2 Å². The number of halogens is 4. The molecule has 0 radical (unpaired) electrons. The molecule has 2 aromatic rings. The van der Waals surface area contributed by atoms with Gasteiger partial charge < -0.3 is 19.7 Å². The Hall–Kier alpha value is -2.18. The van der Waals surface area contributed by atoms with Crippen LogP contribution < -0.4 is 14.8 Å². The van der Waals surface area contributed by atoms with Crippen LogP contribution in [0.3, 0.4) is 0 Å². The molecule has 32 heavy (non-hydrogen) atoms. The lowest BCUT2D eigenvalue weighted by Gasteiger charge is -2.22. The Morgan fingerprint density at radius 1 is 1.28 bits per heavy atom. The molecule has 0 unspecified atom stereocenters. The van der Waals surface area contributed by atoms with Crippen LogP contribution in [-0.4, -0.2) is 54.6 Å². The van der Waals surface area contributed by atoms with Gasteiger partial charge in [0.2, 0.25) is 0 Å². The molecule has 7 nitrogen and oxygen atoms in total. The molecule has 0 fully saturated rings. The van der Waals surface area contributed by atoms with Crippen LogP contribution in [0, 0.1) is 0 Å². The minimum Gasteiger partial charge on any atom is -0.493 e. The summed E-state index contributed by atoms with van der Waals surface area (Å²) in [6, 6.07) is 4.80. The van der Waals surface area contributed by atoms with Crippen LogP contribution in [0.15, 0.2) is 29.4 Å². The third-order valence-corrected chi connectivity index (χ3v) is 4.53. The van der Waals surface area contributed by atoms with E-state index < -0.39 is 12.8 Å². The van der Waals surface area contributed by atoms with Crippen molar-refractivity contribution in [3.8, 4) is 11.5 Å². The average molecular weight is 569 g/mol. The van der Waals surface area contributed by atoms with Gasteiger partial charge in [0, 0.05) is 46.0 Å². The molecular formula is C21H31F3IN5O2. The van der Waals surface area contributed by atoms with Crippen molar-refractivity contribution in [3.05, 3.63) is 41.2 Å². The number of aromatic nitrogens is 2. The van der Waals surface area contributed by atoms with Gasteiger partial charge in [-0.05, 0) is 23.6 Å². The Bertz CT molecular complexity index is 900. The predicted octanol–water partition coefficient (Wildman–Crippen LogP) is 4.32. The average Bonchev–Trinajstić information content (AvgIpc) is 3.06. The molecule has 1 N–H and O–H groups in total. The van der Waals surface area contributed by atoms with E-state index in [4.69, 9.17) is 9.47 Å². The van der Waals surface area contributed by atoms with Crippen LogP contribution in [0.1, 0.15) is 36.6 Å². The Morgan fingerprint density at radius 2 is 1.97 bits per heavy atom. The van der Waals surface area contributed by atoms with Crippen LogP contribution in [0.5, 0.6) is 11.5 Å². The van der Waals surface area contributed by atoms with Crippen LogP contribution >= 0.6 is 24.0 Å². The molecule has 0 saturated heterocycles. The zero-order chi connectivity index (χ0) is 23.2. The summed E-state index contributed by atoms with van der Waals surface area (Å²) in [7, 11) is 6.92. The quantitative estimate of drug-likeness (QED) is 0.292. The number of guanidine groups is 1. The second kappa shape index (κ2) is 12.2. The maximum atomic E-state index is 12.4. The number of hydrogen-bond donors (Lipinski definition) is 1. The summed E-state index contributed by atoms with van der Waals surface area (Å²) in [6.45, 7) is 3.89. The molecule has 0 spiro atoms. The summed E-state index contributed by atoms with van der Waals surface area (Å²) in [5.41, 5.74) is 2.98. The van der Waals surface area contributed by atoms with E-state index in [1.165, 1.54) is 13.2 Å². The Morgan fingerprint density at radius 3 is 2.53 bits per heavy atom. The molecule has 0 bridgehead atoms. The summed E-state index contributed by atoms with van der Waals surface area (Å²) in [5, 5.41) is 7.79. The van der Waals surface area contributed by atoms with Crippen molar-refractivity contribution in [1.29, 1.82) is 0 Å². The largest absolute Gasteiger partial charge is 0.493 e. The smallest absolute Gasteiger partial charge is 0.422 e. The van der Waals surface area contributed by atoms with Crippen LogP contribution in [-0.2, 0) is 20.1 Å². The van der Waals surface area contributed by atoms with Crippen molar-refractivity contribution in [3.63, 3.8) is 0 Å². The first-order valence-electron chi connectivity index (χ1n) is 9.84. The Balaban J connectivity index is 0.00000512. The highest BCUT2D eigenvalue weighted by atomic mass is 127. The number of nitrogens with one attached hydrogen (secondary N) is 1. The molecular weight excluding hydrogens is 538 g/mol. The molecule has 11 heteroatoms. The summed E-state index contributed by atoms with van der Waals surface area (Å²) >= 11 is 0. The topological polar surface area (TPSA) is 63.9 Å². The van der Waals surface area contributed by atoms with Crippen LogP contribution in [0.4, 0.5) is 13.2 Å². The normalized spacial score (nSPS) is 11.9. The SMILES string of the molecule is CN=C(NCc1ccc(OCC(F)(F)F)c(OC)c1)N(C)Cc1cn(C)nc1C(C)C.I. The maximum Gasteiger partial charge on any atom is 0.422 e. The highest BCUT2D eigenvalue weighted by Gasteiger charge is 2.29. The van der Waals surface area contributed by atoms with Crippen LogP contribution in [0.2, 0.25) is 0 Å². The fraction of sp³-hybridized carbons (Fsp3) is 0.524. The fourth-order valence-corrected chi connectivity index (χ4v) is 3.16. The molecule has 0 atom stereocenters. The molecule has 0 aliphatic carbocycles. The van der Waals surface area contributed by atoms with Gasteiger partial charge in [0.1, 0.15) is 0 Å². The first-order valence-corrected chi connectivity index (χ1v) is 9.84. The first-order chi connectivity index (χ1) is 14.5. The van der Waals surface area contributed by atoms with Crippen molar-refractivity contribution in [2.45, 2.75) is 39.0 Å². The summed E-state index contributed by atoms with van der Waals surface area (Å²) in [4.78, 5) is 6.31. The summed E-state index contributed by atoms with van der Waals surface area (Å²) in [5.74, 6) is 1.27. The minimum absolute atomic E-state index is 0. The molecule has 1 heterocycles. The summed E-state index contributed by atoms with van der Waals surface area (Å²) in [6.07, 6.45) is -2.41. The third-order valence-electron chi connectivity index (χ3n) is 4.53. The van der Waals surface area contributed by atoms with E-state index in [-0.39, 0.29) is 35.5 Å². The highest BCUT2D eigenvalue weighted by Crippen LogP contribution is 2.29. The van der Waals surface area contributed by atoms with Crippen molar-refractivity contribution in [2.24, 2.45) is 12.0 Å². The zero-order valence-electron chi connectivity index (χ0n) is 19.2. The van der Waals surface area contributed by atoms with E-state index in [1.54, 1.807) is 19.2 Å². The molecule has 0 amide bonds. The van der Waals surface area contributed by atoms with E-state index in [0.29, 0.717) is 25.0 Å². The number of rotatable bonds is 8. The number of benzene rings is 1. The van der Waals surface area contributed by atoms with E-state index in [1.807, 2.05) is 29.9 Å². The molecule has 180 valence electrons. The lowest BCUT2D eigenvalue weighted by atomic mass is 10.1. The first kappa shape index (κ1) is 27.9. The fourth-order valence-electron chi connectivity index (χ4n) is 3.16. The van der Waals surface area contributed by atoms with Crippen LogP contribution in [0.25, 0.3) is 0 Å². The van der Waals surface area contributed by atoms with Gasteiger partial charge in [-0.3, -0.25) is 9.67 Å². The molecule has 2 rings (SSSR count). The molecule has 1 aromatic carbocycles. The van der Waals surface area contributed by atoms with Gasteiger partial charge in [-0.25, -0.2) is 0 Å². The summed E-state index contributed by atoms with van der Waals surface area (Å²) < 4.78 is 49.0. The van der Waals surface area contributed by atoms with Crippen molar-refractivity contribution >= 4 is 29.9 Å². The number of aryl methyl sites for hydroxylation is 1. The Labute approximate surface area is 204 Å². The van der Waals surface area contributed by atoms with Gasteiger partial charge in [-0.1, -0.05) is 19.9 Å². The second-order valence-electron chi connectivity index (χ2n) is 7.51. The highest BCUT2D eigenvalue weighted by molar-refractivity contribution is 14.0. The van der Waals surface area contributed by atoms with E-state index in [0.717, 1.165) is 16.8 Å². The number of methoxy groups -OCH3 is 1. The van der Waals surface area contributed by atoms with Gasteiger partial charge in [-0.15, -0.1) is 24.0 Å². The van der Waals surface area contributed by atoms with E-state index in [2.05, 4.69) is 29.3 Å². The zero-order valence-corrected chi connectivity index (χ0v) is 21.5. The predicted molar refractivity (Wildman–Crippen MR) is 129 cm³/mol. The molecule has 0 aliphatic heterocycles. The van der Waals surface area contributed by atoms with Gasteiger partial charge in [0.25, 0.3) is 0 Å². The van der Waals surface area contributed by atoms with E-state index >= 15 is 0 Å². The van der Waals surface area contributed by atoms with Gasteiger partial charge in [0.05, 0.1) is 12.8 Å². The number of alkyl halides is 3. The van der Waals surface area contributed by atoms with Crippen molar-refractivity contribution < 1.29 is 22.6 Å². The number of hydrogen-bond acceptors (Lipinski definition) is 4. The standard InChI is InChI=1S/C21H30F3N5O2.HI/c1-14(2)19-16(12-29(5)27-19)11-28(4)20(25-3)26-10-15-7-8-17(18(9-15)30-6)31-13-21(22,23)24;/h7-9,12,14H,10-11,13H2,1-6H3,(H,25,26);1H. The molecule has 0 saturated carbocycles. The van der Waals surface area contributed by atoms with Crippen molar-refractivity contribution in [2.75, 3.05) is 27.8 Å². The van der Waals surface area contributed by atoms with Gasteiger partial charge in [-0.2, -0.15) is 18.3 Å². The van der Waals surface area contributed by atoms with Gasteiger partial charge in [0.15, 0.2) is 24.1 Å². The third kappa shape index (κ3) is 8.06. The lowest BCUT2D eigenvalue weighted by Crippen LogP contribution is -2.38. The number of nitrogens with zero attached hydrogens (tertiary/aromatic N) is 4. The monoisotopic (exact) mass is 569 g/mol. The minimum atomic E-state index is -4.41. The van der Waals surface area contributed by atoms with Gasteiger partial charge >= 0.3 is 6.18 Å². The van der Waals surface area contributed by atoms with Crippen molar-refractivity contribution in [1.82, 2.24) is 20.0 Å². The maximum absolute atomic E-state index is 12.4. The second-order valence-corrected chi connectivity index (χ2v) is 7.51. The Kier molecular flexibility index (Phi) is 10.6. The number of aliphatic imine (C=N–C) groups is 1.